The summed E-state index contributed by atoms with van der Waals surface area (Å²) in [4.78, 5) is 24.3. The van der Waals surface area contributed by atoms with E-state index in [1.54, 1.807) is 11.0 Å². The Balaban J connectivity index is 2.11. The van der Waals surface area contributed by atoms with Gasteiger partial charge in [0.05, 0.1) is 17.1 Å². The second-order valence-electron chi connectivity index (χ2n) is 5.59. The minimum absolute atomic E-state index is 0.0668. The number of rotatable bonds is 4. The summed E-state index contributed by atoms with van der Waals surface area (Å²) in [7, 11) is 0. The summed E-state index contributed by atoms with van der Waals surface area (Å²) in [6.45, 7) is 4.57. The molecule has 1 heterocycles. The summed E-state index contributed by atoms with van der Waals surface area (Å²) in [5.41, 5.74) is 0.283. The fourth-order valence-corrected chi connectivity index (χ4v) is 2.52. The van der Waals surface area contributed by atoms with Gasteiger partial charge in [0.15, 0.2) is 0 Å². The van der Waals surface area contributed by atoms with Crippen molar-refractivity contribution in [3.63, 3.8) is 0 Å². The lowest BCUT2D eigenvalue weighted by Crippen LogP contribution is -2.48. The molecule has 0 aromatic heterocycles. The highest BCUT2D eigenvalue weighted by Crippen LogP contribution is 2.18. The van der Waals surface area contributed by atoms with Gasteiger partial charge in [-0.15, -0.1) is 0 Å². The fraction of sp³-hybridized carbons (Fsp3) is 0.375. The number of hydrogen-bond donors (Lipinski definition) is 1. The van der Waals surface area contributed by atoms with Gasteiger partial charge in [-0.1, -0.05) is 6.07 Å². The number of nitriles is 1. The van der Waals surface area contributed by atoms with E-state index in [1.165, 1.54) is 24.4 Å². The first-order chi connectivity index (χ1) is 11.4. The lowest BCUT2D eigenvalue weighted by atomic mass is 10.2. The number of anilines is 1. The first-order valence-electron chi connectivity index (χ1n) is 7.46. The third-order valence-electron chi connectivity index (χ3n) is 3.50. The Morgan fingerprint density at radius 3 is 2.71 bits per heavy atom. The molecule has 126 valence electrons. The van der Waals surface area contributed by atoms with Crippen LogP contribution in [-0.2, 0) is 9.53 Å². The number of carbonyl (C=O) groups is 1. The molecule has 24 heavy (non-hydrogen) atoms. The molecule has 2 unspecified atom stereocenters. The predicted octanol–water partition coefficient (Wildman–Crippen LogP) is 2.05. The summed E-state index contributed by atoms with van der Waals surface area (Å²) in [6, 6.07) is 7.69. The number of hydrogen-bond acceptors (Lipinski definition) is 6. The van der Waals surface area contributed by atoms with Crippen molar-refractivity contribution in [2.75, 3.05) is 18.4 Å². The first kappa shape index (κ1) is 17.4. The zero-order valence-corrected chi connectivity index (χ0v) is 13.4. The summed E-state index contributed by atoms with van der Waals surface area (Å²) in [6.07, 6.45) is 1.08. The van der Waals surface area contributed by atoms with Crippen molar-refractivity contribution < 1.29 is 14.5 Å². The van der Waals surface area contributed by atoms with Crippen LogP contribution in [0.2, 0.25) is 0 Å². The van der Waals surface area contributed by atoms with Crippen molar-refractivity contribution in [2.45, 2.75) is 26.1 Å². The molecule has 2 rings (SSSR count). The zero-order valence-electron chi connectivity index (χ0n) is 13.4. The lowest BCUT2D eigenvalue weighted by molar-refractivity contribution is -0.384. The van der Waals surface area contributed by atoms with Crippen LogP contribution in [-0.4, -0.2) is 41.0 Å². The fourth-order valence-electron chi connectivity index (χ4n) is 2.52. The van der Waals surface area contributed by atoms with Crippen LogP contribution in [0.1, 0.15) is 13.8 Å². The number of ether oxygens (including phenoxy) is 1. The molecule has 1 aromatic carbocycles. The molecule has 1 aromatic rings. The normalized spacial score (nSPS) is 21.0. The number of morpholine rings is 1. The Morgan fingerprint density at radius 2 is 2.12 bits per heavy atom. The van der Waals surface area contributed by atoms with Crippen molar-refractivity contribution in [3.8, 4) is 6.07 Å². The van der Waals surface area contributed by atoms with Crippen molar-refractivity contribution >= 4 is 17.3 Å². The van der Waals surface area contributed by atoms with Crippen molar-refractivity contribution in [1.82, 2.24) is 4.90 Å². The molecule has 1 saturated heterocycles. The lowest BCUT2D eigenvalue weighted by Gasteiger charge is -2.35. The summed E-state index contributed by atoms with van der Waals surface area (Å²) in [5, 5.41) is 22.8. The Morgan fingerprint density at radius 1 is 1.46 bits per heavy atom. The maximum absolute atomic E-state index is 12.4. The van der Waals surface area contributed by atoms with E-state index in [2.05, 4.69) is 5.32 Å². The molecule has 1 aliphatic heterocycles. The number of nitro groups is 1. The van der Waals surface area contributed by atoms with Crippen molar-refractivity contribution in [1.29, 1.82) is 5.26 Å². The van der Waals surface area contributed by atoms with Crippen LogP contribution in [0.3, 0.4) is 0 Å². The number of benzene rings is 1. The van der Waals surface area contributed by atoms with Crippen molar-refractivity contribution in [3.05, 3.63) is 46.2 Å². The van der Waals surface area contributed by atoms with Crippen LogP contribution in [0.15, 0.2) is 36.0 Å². The largest absolute Gasteiger partial charge is 0.372 e. The van der Waals surface area contributed by atoms with Gasteiger partial charge in [-0.05, 0) is 19.9 Å². The monoisotopic (exact) mass is 330 g/mol. The molecule has 8 heteroatoms. The molecule has 1 N–H and O–H groups in total. The molecule has 0 spiro atoms. The van der Waals surface area contributed by atoms with Gasteiger partial charge in [0.2, 0.25) is 0 Å². The number of nitrogens with one attached hydrogen (secondary N) is 1. The highest BCUT2D eigenvalue weighted by atomic mass is 16.6. The number of amides is 1. The maximum Gasteiger partial charge on any atom is 0.271 e. The number of nitrogens with zero attached hydrogens (tertiary/aromatic N) is 3. The second-order valence-corrected chi connectivity index (χ2v) is 5.59. The van der Waals surface area contributed by atoms with Crippen LogP contribution in [0.25, 0.3) is 0 Å². The van der Waals surface area contributed by atoms with Crippen molar-refractivity contribution in [2.24, 2.45) is 0 Å². The summed E-state index contributed by atoms with van der Waals surface area (Å²) < 4.78 is 5.57. The smallest absolute Gasteiger partial charge is 0.271 e. The van der Waals surface area contributed by atoms with Gasteiger partial charge in [0, 0.05) is 37.1 Å². The molecule has 0 saturated carbocycles. The van der Waals surface area contributed by atoms with E-state index >= 15 is 0 Å². The molecular formula is C16H18N4O4. The van der Waals surface area contributed by atoms with E-state index in [9.17, 15) is 20.2 Å². The molecule has 2 atom stereocenters. The SMILES string of the molecule is CC1CN(C(=O)/C(C#N)=C\Nc2cccc([N+](=O)[O-])c2)CC(C)O1. The summed E-state index contributed by atoms with van der Waals surface area (Å²) >= 11 is 0. The van der Waals surface area contributed by atoms with E-state index in [0.29, 0.717) is 18.8 Å². The van der Waals surface area contributed by atoms with Gasteiger partial charge in [0.25, 0.3) is 11.6 Å². The molecule has 8 nitrogen and oxygen atoms in total. The Bertz CT molecular complexity index is 700. The standard InChI is InChI=1S/C16H18N4O4/c1-11-9-19(10-12(2)24-11)16(21)13(7-17)8-18-14-4-3-5-15(6-14)20(22)23/h3-6,8,11-12,18H,9-10H2,1-2H3/b13-8-. The van der Waals surface area contributed by atoms with Crippen LogP contribution in [0.4, 0.5) is 11.4 Å². The third-order valence-corrected chi connectivity index (χ3v) is 3.50. The quantitative estimate of drug-likeness (QED) is 0.392. The third kappa shape index (κ3) is 4.30. The molecule has 0 radical (unpaired) electrons. The second kappa shape index (κ2) is 7.57. The highest BCUT2D eigenvalue weighted by molar-refractivity contribution is 5.97. The minimum Gasteiger partial charge on any atom is -0.372 e. The zero-order chi connectivity index (χ0) is 17.7. The molecular weight excluding hydrogens is 312 g/mol. The Hall–Kier alpha value is -2.92. The van der Waals surface area contributed by atoms with Crippen LogP contribution >= 0.6 is 0 Å². The molecule has 1 aliphatic rings. The molecule has 0 aliphatic carbocycles. The van der Waals surface area contributed by atoms with Crippen LogP contribution < -0.4 is 5.32 Å². The molecule has 1 fully saturated rings. The predicted molar refractivity (Wildman–Crippen MR) is 87.0 cm³/mol. The van der Waals surface area contributed by atoms with Gasteiger partial charge in [-0.3, -0.25) is 14.9 Å². The maximum atomic E-state index is 12.4. The number of non-ortho nitro benzene ring substituents is 1. The first-order valence-corrected chi connectivity index (χ1v) is 7.46. The van der Waals surface area contributed by atoms with E-state index in [1.807, 2.05) is 19.9 Å². The van der Waals surface area contributed by atoms with Gasteiger partial charge < -0.3 is 15.0 Å². The van der Waals surface area contributed by atoms with Gasteiger partial charge in [-0.2, -0.15) is 5.26 Å². The highest BCUT2D eigenvalue weighted by Gasteiger charge is 2.27. The van der Waals surface area contributed by atoms with Gasteiger partial charge in [0.1, 0.15) is 11.6 Å². The minimum atomic E-state index is -0.512. The Labute approximate surface area is 139 Å². The van der Waals surface area contributed by atoms with Crippen LogP contribution in [0, 0.1) is 21.4 Å². The van der Waals surface area contributed by atoms with Crippen LogP contribution in [0.5, 0.6) is 0 Å². The van der Waals surface area contributed by atoms with E-state index in [4.69, 9.17) is 4.74 Å². The van der Waals surface area contributed by atoms with Gasteiger partial charge in [-0.25, -0.2) is 0 Å². The molecule has 1 amide bonds. The summed E-state index contributed by atoms with van der Waals surface area (Å²) in [5.74, 6) is -0.391. The van der Waals surface area contributed by atoms with E-state index in [-0.39, 0.29) is 23.5 Å². The van der Waals surface area contributed by atoms with Gasteiger partial charge >= 0.3 is 0 Å². The average Bonchev–Trinajstić information content (AvgIpc) is 2.54. The van der Waals surface area contributed by atoms with E-state index < -0.39 is 10.8 Å². The molecule has 0 bridgehead atoms. The van der Waals surface area contributed by atoms with E-state index in [0.717, 1.165) is 0 Å². The number of carbonyl (C=O) groups excluding carboxylic acids is 1. The topological polar surface area (TPSA) is 109 Å². The Kier molecular flexibility index (Phi) is 5.50. The average molecular weight is 330 g/mol. The number of nitro benzene ring substituents is 1.